The third kappa shape index (κ3) is 5.19. The lowest BCUT2D eigenvalue weighted by Crippen LogP contribution is -2.47. The van der Waals surface area contributed by atoms with Crippen LogP contribution in [0.1, 0.15) is 31.2 Å². The lowest BCUT2D eigenvalue weighted by molar-refractivity contribution is -0.143. The summed E-state index contributed by atoms with van der Waals surface area (Å²) in [7, 11) is 1.46. The molecule has 186 valence electrons. The normalized spacial score (nSPS) is 21.0. The Kier molecular flexibility index (Phi) is 7.45. The molecule has 0 bridgehead atoms. The molecule has 2 fully saturated rings. The summed E-state index contributed by atoms with van der Waals surface area (Å²) in [5, 5.41) is 0. The van der Waals surface area contributed by atoms with Crippen molar-refractivity contribution in [2.75, 3.05) is 33.4 Å². The maximum Gasteiger partial charge on any atom is 0.241 e. The molecule has 0 N–H and O–H groups in total. The molecule has 0 spiro atoms. The van der Waals surface area contributed by atoms with Gasteiger partial charge in [0.1, 0.15) is 23.5 Å². The Hall–Kier alpha value is -3.33. The number of carbonyl (C=O) groups is 3. The largest absolute Gasteiger partial charge is 0.490 e. The number of hydrogen-bond donors (Lipinski definition) is 0. The van der Waals surface area contributed by atoms with E-state index in [2.05, 4.69) is 0 Å². The first kappa shape index (κ1) is 24.8. The first-order valence-corrected chi connectivity index (χ1v) is 11.6. The number of rotatable bonds is 8. The molecule has 7 nitrogen and oxygen atoms in total. The molecule has 2 aromatic rings. The van der Waals surface area contributed by atoms with Crippen LogP contribution in [0.2, 0.25) is 0 Å². The second kappa shape index (κ2) is 10.5. The van der Waals surface area contributed by atoms with Gasteiger partial charge in [-0.1, -0.05) is 24.3 Å². The highest BCUT2D eigenvalue weighted by Gasteiger charge is 2.55. The van der Waals surface area contributed by atoms with Gasteiger partial charge in [-0.2, -0.15) is 0 Å². The standard InChI is InChI=1S/C26H28F2N2O5/c1-34-14-13-30-24(32)17-26(25(30)33,21-7-2-3-8-22(21)28)16-23(31)29-11-9-19(10-12-29)35-20-6-4-5-18(27)15-20/h2-8,15,19H,9-14,16-17H2,1H3. The molecular weight excluding hydrogens is 458 g/mol. The first-order valence-electron chi connectivity index (χ1n) is 11.6. The molecule has 2 heterocycles. The van der Waals surface area contributed by atoms with E-state index in [1.165, 1.54) is 37.4 Å². The van der Waals surface area contributed by atoms with Gasteiger partial charge in [0, 0.05) is 57.5 Å². The fraction of sp³-hybridized carbons (Fsp3) is 0.423. The fourth-order valence-corrected chi connectivity index (χ4v) is 4.83. The fourth-order valence-electron chi connectivity index (χ4n) is 4.83. The number of methoxy groups -OCH3 is 1. The molecule has 3 amide bonds. The van der Waals surface area contributed by atoms with E-state index >= 15 is 0 Å². The molecule has 0 radical (unpaired) electrons. The zero-order chi connectivity index (χ0) is 25.0. The molecule has 35 heavy (non-hydrogen) atoms. The maximum absolute atomic E-state index is 14.9. The number of piperidine rings is 1. The highest BCUT2D eigenvalue weighted by atomic mass is 19.1. The number of benzene rings is 2. The Morgan fingerprint density at radius 3 is 2.51 bits per heavy atom. The van der Waals surface area contributed by atoms with Crippen molar-refractivity contribution in [3.63, 3.8) is 0 Å². The van der Waals surface area contributed by atoms with Crippen LogP contribution in [0.5, 0.6) is 5.75 Å². The van der Waals surface area contributed by atoms with Gasteiger partial charge in [0.05, 0.1) is 18.6 Å². The molecule has 2 aliphatic rings. The van der Waals surface area contributed by atoms with E-state index in [4.69, 9.17) is 9.47 Å². The molecule has 1 atom stereocenters. The molecule has 2 saturated heterocycles. The predicted molar refractivity (Wildman–Crippen MR) is 123 cm³/mol. The minimum Gasteiger partial charge on any atom is -0.490 e. The second-order valence-corrected chi connectivity index (χ2v) is 8.91. The zero-order valence-corrected chi connectivity index (χ0v) is 19.5. The van der Waals surface area contributed by atoms with Crippen LogP contribution in [0.15, 0.2) is 48.5 Å². The van der Waals surface area contributed by atoms with Crippen LogP contribution in [0, 0.1) is 11.6 Å². The third-order valence-electron chi connectivity index (χ3n) is 6.66. The number of imide groups is 1. The van der Waals surface area contributed by atoms with Crippen molar-refractivity contribution in [2.45, 2.75) is 37.2 Å². The molecule has 4 rings (SSSR count). The number of hydrogen-bond acceptors (Lipinski definition) is 5. The van der Waals surface area contributed by atoms with Gasteiger partial charge in [-0.3, -0.25) is 19.3 Å². The lowest BCUT2D eigenvalue weighted by Gasteiger charge is -2.35. The quantitative estimate of drug-likeness (QED) is 0.536. The number of amides is 3. The summed E-state index contributed by atoms with van der Waals surface area (Å²) < 4.78 is 39.1. The van der Waals surface area contributed by atoms with Crippen molar-refractivity contribution >= 4 is 17.7 Å². The third-order valence-corrected chi connectivity index (χ3v) is 6.66. The van der Waals surface area contributed by atoms with Crippen molar-refractivity contribution in [2.24, 2.45) is 0 Å². The number of likely N-dealkylation sites (tertiary alicyclic amines) is 2. The van der Waals surface area contributed by atoms with E-state index in [-0.39, 0.29) is 49.4 Å². The monoisotopic (exact) mass is 486 g/mol. The number of halogens is 2. The van der Waals surface area contributed by atoms with E-state index in [1.54, 1.807) is 23.1 Å². The highest BCUT2D eigenvalue weighted by molar-refractivity contribution is 6.10. The summed E-state index contributed by atoms with van der Waals surface area (Å²) in [6, 6.07) is 11.7. The van der Waals surface area contributed by atoms with Crippen molar-refractivity contribution < 1.29 is 32.6 Å². The van der Waals surface area contributed by atoms with Crippen molar-refractivity contribution in [1.82, 2.24) is 9.80 Å². The van der Waals surface area contributed by atoms with Crippen molar-refractivity contribution in [3.8, 4) is 5.75 Å². The minimum atomic E-state index is -1.60. The van der Waals surface area contributed by atoms with Gasteiger partial charge in [-0.05, 0) is 18.2 Å². The zero-order valence-electron chi connectivity index (χ0n) is 19.5. The first-order chi connectivity index (χ1) is 16.8. The number of ether oxygens (including phenoxy) is 2. The molecule has 0 aliphatic carbocycles. The highest BCUT2D eigenvalue weighted by Crippen LogP contribution is 2.41. The van der Waals surface area contributed by atoms with Gasteiger partial charge >= 0.3 is 0 Å². The molecule has 0 aromatic heterocycles. The van der Waals surface area contributed by atoms with Crippen LogP contribution in [-0.2, 0) is 24.5 Å². The summed E-state index contributed by atoms with van der Waals surface area (Å²) >= 11 is 0. The molecule has 2 aliphatic heterocycles. The predicted octanol–water partition coefficient (Wildman–Crippen LogP) is 3.07. The van der Waals surface area contributed by atoms with E-state index < -0.39 is 23.0 Å². The number of carbonyl (C=O) groups excluding carboxylic acids is 3. The summed E-state index contributed by atoms with van der Waals surface area (Å²) in [5.41, 5.74) is -1.54. The molecule has 0 saturated carbocycles. The number of nitrogens with zero attached hydrogens (tertiary/aromatic N) is 2. The van der Waals surface area contributed by atoms with Gasteiger partial charge in [0.15, 0.2) is 0 Å². The SMILES string of the molecule is COCCN1C(=O)CC(CC(=O)N2CCC(Oc3cccc(F)c3)CC2)(c2ccccc2F)C1=O. The van der Waals surface area contributed by atoms with E-state index in [9.17, 15) is 23.2 Å². The molecular formula is C26H28F2N2O5. The molecule has 2 aromatic carbocycles. The summed E-state index contributed by atoms with van der Waals surface area (Å²) in [4.78, 5) is 42.2. The lowest BCUT2D eigenvalue weighted by atomic mass is 9.75. The van der Waals surface area contributed by atoms with Gasteiger partial charge in [-0.15, -0.1) is 0 Å². The van der Waals surface area contributed by atoms with Crippen LogP contribution in [0.25, 0.3) is 0 Å². The average molecular weight is 487 g/mol. The van der Waals surface area contributed by atoms with Crippen molar-refractivity contribution in [3.05, 3.63) is 65.7 Å². The summed E-state index contributed by atoms with van der Waals surface area (Å²) in [6.07, 6.45) is 0.295. The Morgan fingerprint density at radius 1 is 1.09 bits per heavy atom. The smallest absolute Gasteiger partial charge is 0.241 e. The van der Waals surface area contributed by atoms with Gasteiger partial charge in [-0.25, -0.2) is 8.78 Å². The van der Waals surface area contributed by atoms with Crippen LogP contribution < -0.4 is 4.74 Å². The van der Waals surface area contributed by atoms with Gasteiger partial charge in [0.2, 0.25) is 17.7 Å². The minimum absolute atomic E-state index is 0.0430. The van der Waals surface area contributed by atoms with Crippen LogP contribution in [0.4, 0.5) is 8.78 Å². The van der Waals surface area contributed by atoms with E-state index in [0.717, 1.165) is 4.90 Å². The van der Waals surface area contributed by atoms with E-state index in [0.29, 0.717) is 31.7 Å². The molecule has 1 unspecified atom stereocenters. The van der Waals surface area contributed by atoms with Gasteiger partial charge < -0.3 is 14.4 Å². The Labute approximate surface area is 202 Å². The van der Waals surface area contributed by atoms with Gasteiger partial charge in [0.25, 0.3) is 0 Å². The molecule has 9 heteroatoms. The summed E-state index contributed by atoms with van der Waals surface area (Å²) in [5.74, 6) is -1.94. The maximum atomic E-state index is 14.9. The van der Waals surface area contributed by atoms with Crippen LogP contribution in [0.3, 0.4) is 0 Å². The van der Waals surface area contributed by atoms with E-state index in [1.807, 2.05) is 0 Å². The summed E-state index contributed by atoms with van der Waals surface area (Å²) in [6.45, 7) is 0.947. The topological polar surface area (TPSA) is 76.2 Å². The Morgan fingerprint density at radius 2 is 1.83 bits per heavy atom. The van der Waals surface area contributed by atoms with Crippen LogP contribution >= 0.6 is 0 Å². The average Bonchev–Trinajstić information content (AvgIpc) is 3.07. The Bertz CT molecular complexity index is 1100. The van der Waals surface area contributed by atoms with Crippen molar-refractivity contribution in [1.29, 1.82) is 0 Å². The Balaban J connectivity index is 1.48. The second-order valence-electron chi connectivity index (χ2n) is 8.91. The van der Waals surface area contributed by atoms with Crippen LogP contribution in [-0.4, -0.2) is 67.0 Å².